The molecule has 1 N–H and O–H groups in total. The van der Waals surface area contributed by atoms with Crippen LogP contribution in [0.25, 0.3) is 11.1 Å². The molecule has 1 aromatic heterocycles. The number of amides is 1. The van der Waals surface area contributed by atoms with E-state index in [4.69, 9.17) is 18.9 Å². The Bertz CT molecular complexity index is 1050. The van der Waals surface area contributed by atoms with Crippen molar-refractivity contribution >= 4 is 28.9 Å². The van der Waals surface area contributed by atoms with Crippen molar-refractivity contribution in [1.29, 1.82) is 0 Å². The van der Waals surface area contributed by atoms with Crippen LogP contribution in [0.15, 0.2) is 47.8 Å². The Hall–Kier alpha value is -3.52. The Balaban J connectivity index is 1.66. The van der Waals surface area contributed by atoms with Gasteiger partial charge in [-0.2, -0.15) is 0 Å². The molecule has 0 bridgehead atoms. The molecule has 1 heterocycles. The van der Waals surface area contributed by atoms with Crippen molar-refractivity contribution in [2.75, 3.05) is 33.3 Å². The number of methoxy groups -OCH3 is 3. The first-order valence-electron chi connectivity index (χ1n) is 9.38. The summed E-state index contributed by atoms with van der Waals surface area (Å²) >= 11 is 1.27. The van der Waals surface area contributed by atoms with Crippen molar-refractivity contribution in [3.8, 4) is 28.4 Å². The van der Waals surface area contributed by atoms with E-state index in [1.54, 1.807) is 12.1 Å². The van der Waals surface area contributed by atoms with Gasteiger partial charge in [0.25, 0.3) is 5.91 Å². The molecule has 0 spiro atoms. The minimum absolute atomic E-state index is 0.399. The van der Waals surface area contributed by atoms with E-state index >= 15 is 0 Å². The lowest BCUT2D eigenvalue weighted by Gasteiger charge is -2.14. The van der Waals surface area contributed by atoms with Crippen molar-refractivity contribution in [3.63, 3.8) is 0 Å². The molecule has 3 rings (SSSR count). The average molecular weight is 442 g/mol. The summed E-state index contributed by atoms with van der Waals surface area (Å²) in [6.07, 6.45) is 0. The summed E-state index contributed by atoms with van der Waals surface area (Å²) in [6.45, 7) is 1.57. The minimum atomic E-state index is -0.550. The second kappa shape index (κ2) is 9.99. The molecule has 0 saturated heterocycles. The average Bonchev–Trinajstić information content (AvgIpc) is 3.27. The predicted molar refractivity (Wildman–Crippen MR) is 120 cm³/mol. The number of carbonyl (C=O) groups excluding carboxylic acids is 2. The zero-order chi connectivity index (χ0) is 22.4. The summed E-state index contributed by atoms with van der Waals surface area (Å²) in [5, 5.41) is 4.49. The van der Waals surface area contributed by atoms with Gasteiger partial charge in [-0.25, -0.2) is 4.79 Å². The normalized spacial score (nSPS) is 10.3. The first-order chi connectivity index (χ1) is 15.0. The van der Waals surface area contributed by atoms with Crippen LogP contribution in [0.3, 0.4) is 0 Å². The zero-order valence-electron chi connectivity index (χ0n) is 17.7. The Labute approximate surface area is 184 Å². The lowest BCUT2D eigenvalue weighted by atomic mass is 10.1. The third-order valence-corrected chi connectivity index (χ3v) is 5.39. The van der Waals surface area contributed by atoms with Crippen molar-refractivity contribution in [2.45, 2.75) is 6.92 Å². The van der Waals surface area contributed by atoms with Crippen LogP contribution in [0.2, 0.25) is 0 Å². The maximum atomic E-state index is 12.6. The van der Waals surface area contributed by atoms with Crippen molar-refractivity contribution in [3.05, 3.63) is 58.3 Å². The first kappa shape index (κ1) is 22.2. The fraction of sp³-hybridized carbons (Fsp3) is 0.217. The second-order valence-corrected chi connectivity index (χ2v) is 7.48. The number of carbonyl (C=O) groups is 2. The maximum absolute atomic E-state index is 12.6. The molecule has 7 nitrogen and oxygen atoms in total. The fourth-order valence-electron chi connectivity index (χ4n) is 2.97. The summed E-state index contributed by atoms with van der Waals surface area (Å²) in [5.74, 6) is 0.170. The van der Waals surface area contributed by atoms with Gasteiger partial charge in [0.15, 0.2) is 18.1 Å². The van der Waals surface area contributed by atoms with E-state index in [1.165, 1.54) is 32.7 Å². The molecule has 0 radical (unpaired) electrons. The van der Waals surface area contributed by atoms with Gasteiger partial charge in [0.2, 0.25) is 5.75 Å². The second-order valence-electron chi connectivity index (χ2n) is 6.57. The molecule has 0 aliphatic carbocycles. The van der Waals surface area contributed by atoms with Crippen LogP contribution in [-0.2, 0) is 9.53 Å². The fourth-order valence-corrected chi connectivity index (χ4v) is 3.78. The molecule has 8 heteroatoms. The Kier molecular flexibility index (Phi) is 7.15. The lowest BCUT2D eigenvalue weighted by molar-refractivity contribution is -0.119. The first-order valence-corrected chi connectivity index (χ1v) is 10.3. The zero-order valence-corrected chi connectivity index (χ0v) is 18.5. The van der Waals surface area contributed by atoms with E-state index in [-0.39, 0.29) is 0 Å². The smallest absolute Gasteiger partial charge is 0.349 e. The molecule has 162 valence electrons. The molecule has 0 aliphatic heterocycles. The van der Waals surface area contributed by atoms with Crippen molar-refractivity contribution < 1.29 is 28.5 Å². The summed E-state index contributed by atoms with van der Waals surface area (Å²) in [6, 6.07) is 12.9. The van der Waals surface area contributed by atoms with Crippen LogP contribution < -0.4 is 19.5 Å². The molecule has 2 aromatic carbocycles. The highest BCUT2D eigenvalue weighted by Gasteiger charge is 2.18. The number of hydrogen-bond donors (Lipinski definition) is 1. The van der Waals surface area contributed by atoms with Crippen LogP contribution in [0, 0.1) is 6.92 Å². The largest absolute Gasteiger partial charge is 0.493 e. The molecule has 0 fully saturated rings. The quantitative estimate of drug-likeness (QED) is 0.517. The van der Waals surface area contributed by atoms with Gasteiger partial charge in [-0.1, -0.05) is 29.8 Å². The number of benzene rings is 2. The SMILES string of the molecule is COc1cc(NC(=O)COC(=O)c2sccc2-c2ccc(C)cc2)cc(OC)c1OC. The topological polar surface area (TPSA) is 83.1 Å². The third kappa shape index (κ3) is 5.16. The van der Waals surface area contributed by atoms with E-state index in [0.717, 1.165) is 16.7 Å². The van der Waals surface area contributed by atoms with Gasteiger partial charge in [0.1, 0.15) is 4.88 Å². The molecule has 1 amide bonds. The number of rotatable bonds is 8. The summed E-state index contributed by atoms with van der Waals surface area (Å²) in [4.78, 5) is 25.3. The van der Waals surface area contributed by atoms with Gasteiger partial charge in [-0.3, -0.25) is 4.79 Å². The summed E-state index contributed by atoms with van der Waals surface area (Å²) in [5.41, 5.74) is 3.25. The molecule has 0 saturated carbocycles. The van der Waals surface area contributed by atoms with Crippen LogP contribution >= 0.6 is 11.3 Å². The maximum Gasteiger partial charge on any atom is 0.349 e. The molecule has 0 unspecified atom stereocenters. The highest BCUT2D eigenvalue weighted by molar-refractivity contribution is 7.12. The van der Waals surface area contributed by atoms with E-state index in [0.29, 0.717) is 27.8 Å². The van der Waals surface area contributed by atoms with Gasteiger partial charge in [0.05, 0.1) is 21.3 Å². The van der Waals surface area contributed by atoms with E-state index in [9.17, 15) is 9.59 Å². The Morgan fingerprint density at radius 1 is 0.935 bits per heavy atom. The molecule has 31 heavy (non-hydrogen) atoms. The summed E-state index contributed by atoms with van der Waals surface area (Å²) in [7, 11) is 4.46. The van der Waals surface area contributed by atoms with Gasteiger partial charge < -0.3 is 24.3 Å². The summed E-state index contributed by atoms with van der Waals surface area (Å²) < 4.78 is 21.0. The van der Waals surface area contributed by atoms with Crippen LogP contribution in [-0.4, -0.2) is 39.8 Å². The number of thiophene rings is 1. The van der Waals surface area contributed by atoms with Gasteiger partial charge in [0, 0.05) is 23.4 Å². The number of hydrogen-bond acceptors (Lipinski definition) is 7. The molecule has 3 aromatic rings. The standard InChI is InChI=1S/C23H23NO6S/c1-14-5-7-15(8-6-14)17-9-10-31-22(17)23(26)30-13-20(25)24-16-11-18(27-2)21(29-4)19(12-16)28-3/h5-12H,13H2,1-4H3,(H,24,25). The highest BCUT2D eigenvalue weighted by Crippen LogP contribution is 2.39. The molecule has 0 atom stereocenters. The van der Waals surface area contributed by atoms with E-state index < -0.39 is 18.5 Å². The van der Waals surface area contributed by atoms with Crippen LogP contribution in [0.1, 0.15) is 15.2 Å². The van der Waals surface area contributed by atoms with Gasteiger partial charge in [-0.15, -0.1) is 11.3 Å². The number of nitrogens with one attached hydrogen (secondary N) is 1. The van der Waals surface area contributed by atoms with E-state index in [2.05, 4.69) is 5.32 Å². The van der Waals surface area contributed by atoms with Gasteiger partial charge >= 0.3 is 5.97 Å². The van der Waals surface area contributed by atoms with E-state index in [1.807, 2.05) is 42.6 Å². The van der Waals surface area contributed by atoms with Crippen molar-refractivity contribution in [2.24, 2.45) is 0 Å². The predicted octanol–water partition coefficient (Wildman–Crippen LogP) is 4.54. The Morgan fingerprint density at radius 3 is 2.16 bits per heavy atom. The number of anilines is 1. The molecular weight excluding hydrogens is 418 g/mol. The minimum Gasteiger partial charge on any atom is -0.493 e. The molecular formula is C23H23NO6S. The number of esters is 1. The number of ether oxygens (including phenoxy) is 4. The van der Waals surface area contributed by atoms with Crippen LogP contribution in [0.5, 0.6) is 17.2 Å². The van der Waals surface area contributed by atoms with Crippen LogP contribution in [0.4, 0.5) is 5.69 Å². The van der Waals surface area contributed by atoms with Crippen molar-refractivity contribution in [1.82, 2.24) is 0 Å². The lowest BCUT2D eigenvalue weighted by Crippen LogP contribution is -2.21. The van der Waals surface area contributed by atoms with Gasteiger partial charge in [-0.05, 0) is 23.9 Å². The third-order valence-electron chi connectivity index (χ3n) is 4.50. The highest BCUT2D eigenvalue weighted by atomic mass is 32.1. The molecule has 0 aliphatic rings. The number of aryl methyl sites for hydroxylation is 1. The Morgan fingerprint density at radius 2 is 1.58 bits per heavy atom. The monoisotopic (exact) mass is 441 g/mol.